The van der Waals surface area contributed by atoms with Gasteiger partial charge in [0.2, 0.25) is 11.8 Å². The van der Waals surface area contributed by atoms with Crippen LogP contribution < -0.4 is 11.0 Å². The molecule has 1 aromatic carbocycles. The molecule has 1 fully saturated rings. The Morgan fingerprint density at radius 3 is 2.73 bits per heavy atom. The highest BCUT2D eigenvalue weighted by atomic mass is 16.5. The molecule has 1 aliphatic rings. The van der Waals surface area contributed by atoms with Crippen molar-refractivity contribution in [3.63, 3.8) is 0 Å². The summed E-state index contributed by atoms with van der Waals surface area (Å²) < 4.78 is 7.84. The smallest absolute Gasteiger partial charge is 0.329 e. The number of imidazole rings is 1. The van der Waals surface area contributed by atoms with E-state index in [4.69, 9.17) is 4.74 Å². The number of amides is 2. The molecule has 1 unspecified atom stereocenters. The van der Waals surface area contributed by atoms with E-state index in [-0.39, 0.29) is 30.4 Å². The van der Waals surface area contributed by atoms with E-state index in [2.05, 4.69) is 5.32 Å². The number of nitrogens with zero attached hydrogens (tertiary/aromatic N) is 2. The van der Waals surface area contributed by atoms with Crippen molar-refractivity contribution in [3.05, 3.63) is 34.2 Å². The van der Waals surface area contributed by atoms with Crippen LogP contribution in [-0.4, -0.2) is 33.5 Å². The number of carbonyl (C=O) groups excluding carboxylic acids is 3. The van der Waals surface area contributed by atoms with Gasteiger partial charge < -0.3 is 4.74 Å². The van der Waals surface area contributed by atoms with Gasteiger partial charge in [0.15, 0.2) is 0 Å². The number of carbonyl (C=O) groups is 3. The Morgan fingerprint density at radius 1 is 1.27 bits per heavy atom. The van der Waals surface area contributed by atoms with Crippen LogP contribution in [-0.2, 0) is 32.6 Å². The van der Waals surface area contributed by atoms with Crippen LogP contribution in [0.15, 0.2) is 23.0 Å². The second-order valence-electron chi connectivity index (χ2n) is 6.31. The van der Waals surface area contributed by atoms with E-state index >= 15 is 0 Å². The topological polar surface area (TPSA) is 99.4 Å². The number of aromatic nitrogens is 2. The second kappa shape index (κ2) is 7.15. The molecule has 1 aromatic heterocycles. The van der Waals surface area contributed by atoms with Gasteiger partial charge in [-0.15, -0.1) is 0 Å². The maximum absolute atomic E-state index is 12.7. The van der Waals surface area contributed by atoms with E-state index in [1.165, 1.54) is 9.13 Å². The molecule has 0 saturated carbocycles. The first-order valence-corrected chi connectivity index (χ1v) is 8.61. The van der Waals surface area contributed by atoms with Crippen LogP contribution in [0.2, 0.25) is 0 Å². The van der Waals surface area contributed by atoms with Gasteiger partial charge in [-0.05, 0) is 37.5 Å². The van der Waals surface area contributed by atoms with E-state index in [0.717, 1.165) is 5.56 Å². The summed E-state index contributed by atoms with van der Waals surface area (Å²) in [6.45, 7) is 2.11. The van der Waals surface area contributed by atoms with Crippen molar-refractivity contribution in [1.82, 2.24) is 14.5 Å². The Bertz CT molecular complexity index is 940. The summed E-state index contributed by atoms with van der Waals surface area (Å²) in [5.41, 5.74) is 1.91. The number of benzene rings is 1. The Labute approximate surface area is 149 Å². The maximum Gasteiger partial charge on any atom is 0.329 e. The standard InChI is InChI=1S/C18H21N3O5/c1-3-26-16(23)9-5-11-4-6-12-14(10-11)20(2)18(25)21(12)13-7-8-15(22)19-17(13)24/h4,6,10,13H,3,5,7-9H2,1-2H3,(H,19,22,24). The molecule has 0 radical (unpaired) electrons. The summed E-state index contributed by atoms with van der Waals surface area (Å²) >= 11 is 0. The van der Waals surface area contributed by atoms with Crippen LogP contribution in [0.5, 0.6) is 0 Å². The Kier molecular flexibility index (Phi) is 4.92. The Balaban J connectivity index is 1.93. The molecule has 1 aliphatic heterocycles. The highest BCUT2D eigenvalue weighted by Crippen LogP contribution is 2.24. The molecular weight excluding hydrogens is 338 g/mol. The first-order valence-electron chi connectivity index (χ1n) is 8.61. The zero-order valence-corrected chi connectivity index (χ0v) is 14.8. The first-order chi connectivity index (χ1) is 12.4. The molecule has 1 N–H and O–H groups in total. The molecule has 8 nitrogen and oxygen atoms in total. The van der Waals surface area contributed by atoms with E-state index in [0.29, 0.717) is 30.5 Å². The molecule has 2 aromatic rings. The Hall–Kier alpha value is -2.90. The predicted octanol–water partition coefficient (Wildman–Crippen LogP) is 0.813. The van der Waals surface area contributed by atoms with Crippen molar-refractivity contribution in [2.75, 3.05) is 6.61 Å². The van der Waals surface area contributed by atoms with Gasteiger partial charge in [-0.2, -0.15) is 0 Å². The second-order valence-corrected chi connectivity index (χ2v) is 6.31. The van der Waals surface area contributed by atoms with Gasteiger partial charge in [-0.3, -0.25) is 28.8 Å². The number of aryl methyl sites for hydroxylation is 2. The third-order valence-electron chi connectivity index (χ3n) is 4.60. The number of ether oxygens (including phenoxy) is 1. The molecule has 0 spiro atoms. The summed E-state index contributed by atoms with van der Waals surface area (Å²) in [5.74, 6) is -1.04. The van der Waals surface area contributed by atoms with Crippen molar-refractivity contribution < 1.29 is 19.1 Å². The van der Waals surface area contributed by atoms with E-state index in [1.54, 1.807) is 20.0 Å². The number of rotatable bonds is 5. The minimum Gasteiger partial charge on any atom is -0.466 e. The molecule has 2 heterocycles. The summed E-state index contributed by atoms with van der Waals surface area (Å²) in [6.07, 6.45) is 1.28. The third kappa shape index (κ3) is 3.26. The number of imide groups is 1. The molecule has 8 heteroatoms. The first kappa shape index (κ1) is 17.9. The fraction of sp³-hybridized carbons (Fsp3) is 0.444. The fourth-order valence-corrected chi connectivity index (χ4v) is 3.27. The number of hydrogen-bond acceptors (Lipinski definition) is 5. The highest BCUT2D eigenvalue weighted by Gasteiger charge is 2.31. The van der Waals surface area contributed by atoms with E-state index in [9.17, 15) is 19.2 Å². The van der Waals surface area contributed by atoms with Crippen molar-refractivity contribution in [2.45, 2.75) is 38.6 Å². The van der Waals surface area contributed by atoms with Crippen molar-refractivity contribution >= 4 is 28.8 Å². The molecule has 0 bridgehead atoms. The molecule has 1 saturated heterocycles. The maximum atomic E-state index is 12.7. The van der Waals surface area contributed by atoms with Crippen molar-refractivity contribution in [1.29, 1.82) is 0 Å². The zero-order chi connectivity index (χ0) is 18.8. The van der Waals surface area contributed by atoms with Crippen LogP contribution >= 0.6 is 0 Å². The van der Waals surface area contributed by atoms with E-state index < -0.39 is 11.9 Å². The minimum absolute atomic E-state index is 0.205. The van der Waals surface area contributed by atoms with Crippen LogP contribution in [0.4, 0.5) is 0 Å². The minimum atomic E-state index is -0.700. The lowest BCUT2D eigenvalue weighted by Crippen LogP contribution is -2.44. The largest absolute Gasteiger partial charge is 0.466 e. The lowest BCUT2D eigenvalue weighted by molar-refractivity contribution is -0.143. The van der Waals surface area contributed by atoms with Gasteiger partial charge in [0.05, 0.1) is 17.6 Å². The van der Waals surface area contributed by atoms with Crippen LogP contribution in [0.25, 0.3) is 11.0 Å². The number of esters is 1. The van der Waals surface area contributed by atoms with Crippen molar-refractivity contribution in [3.8, 4) is 0 Å². The van der Waals surface area contributed by atoms with Crippen LogP contribution in [0.3, 0.4) is 0 Å². The summed E-state index contributed by atoms with van der Waals surface area (Å²) in [7, 11) is 1.64. The zero-order valence-electron chi connectivity index (χ0n) is 14.8. The molecule has 26 heavy (non-hydrogen) atoms. The lowest BCUT2D eigenvalue weighted by atomic mass is 10.1. The molecule has 1 atom stereocenters. The summed E-state index contributed by atoms with van der Waals surface area (Å²) in [6, 6.07) is 4.76. The number of piperidine rings is 1. The number of fused-ring (bicyclic) bond motifs is 1. The monoisotopic (exact) mass is 359 g/mol. The SMILES string of the molecule is CCOC(=O)CCc1ccc2c(c1)n(C)c(=O)n2C1CCC(=O)NC1=O. The molecule has 3 rings (SSSR count). The van der Waals surface area contributed by atoms with Gasteiger partial charge in [0, 0.05) is 19.9 Å². The summed E-state index contributed by atoms with van der Waals surface area (Å²) in [4.78, 5) is 47.7. The highest BCUT2D eigenvalue weighted by molar-refractivity contribution is 6.00. The summed E-state index contributed by atoms with van der Waals surface area (Å²) in [5, 5.41) is 2.29. The number of hydrogen-bond donors (Lipinski definition) is 1. The molecule has 138 valence electrons. The quantitative estimate of drug-likeness (QED) is 0.629. The van der Waals surface area contributed by atoms with Crippen molar-refractivity contribution in [2.24, 2.45) is 7.05 Å². The van der Waals surface area contributed by atoms with Gasteiger partial charge in [-0.1, -0.05) is 6.07 Å². The van der Waals surface area contributed by atoms with Crippen LogP contribution in [0.1, 0.15) is 37.8 Å². The average molecular weight is 359 g/mol. The van der Waals surface area contributed by atoms with Crippen LogP contribution in [0, 0.1) is 0 Å². The fourth-order valence-electron chi connectivity index (χ4n) is 3.27. The molecule has 0 aliphatic carbocycles. The third-order valence-corrected chi connectivity index (χ3v) is 4.60. The predicted molar refractivity (Wildman–Crippen MR) is 93.6 cm³/mol. The number of nitrogens with one attached hydrogen (secondary N) is 1. The normalized spacial score (nSPS) is 17.4. The molecular formula is C18H21N3O5. The van der Waals surface area contributed by atoms with E-state index in [1.807, 2.05) is 12.1 Å². The molecule has 2 amide bonds. The van der Waals surface area contributed by atoms with Gasteiger partial charge >= 0.3 is 11.7 Å². The van der Waals surface area contributed by atoms with Gasteiger partial charge in [-0.25, -0.2) is 4.79 Å². The lowest BCUT2D eigenvalue weighted by Gasteiger charge is -2.21. The average Bonchev–Trinajstić information content (AvgIpc) is 2.85. The van der Waals surface area contributed by atoms with Gasteiger partial charge in [0.25, 0.3) is 0 Å². The van der Waals surface area contributed by atoms with Gasteiger partial charge in [0.1, 0.15) is 6.04 Å². The Morgan fingerprint density at radius 2 is 2.04 bits per heavy atom.